The highest BCUT2D eigenvalue weighted by molar-refractivity contribution is 7.89. The molecule has 16 heavy (non-hydrogen) atoms. The van der Waals surface area contributed by atoms with Crippen molar-refractivity contribution in [2.75, 3.05) is 20.7 Å². The summed E-state index contributed by atoms with van der Waals surface area (Å²) < 4.78 is 27.6. The topological polar surface area (TPSA) is 81.4 Å². The summed E-state index contributed by atoms with van der Waals surface area (Å²) in [6.07, 6.45) is 0.739. The molecule has 0 aromatic heterocycles. The van der Waals surface area contributed by atoms with Crippen molar-refractivity contribution in [3.8, 4) is 5.75 Å². The molecule has 6 heteroatoms. The van der Waals surface area contributed by atoms with Crippen LogP contribution in [0, 0.1) is 0 Å². The molecule has 0 saturated carbocycles. The molecule has 0 aliphatic carbocycles. The minimum atomic E-state index is -3.74. The minimum Gasteiger partial charge on any atom is -0.495 e. The van der Waals surface area contributed by atoms with Crippen LogP contribution in [0.15, 0.2) is 23.1 Å². The molecule has 0 aliphatic heterocycles. The average molecular weight is 244 g/mol. The first-order valence-corrected chi connectivity index (χ1v) is 6.38. The number of methoxy groups -OCH3 is 1. The molecule has 0 atom stereocenters. The van der Waals surface area contributed by atoms with Gasteiger partial charge in [0.15, 0.2) is 0 Å². The highest BCUT2D eigenvalue weighted by Crippen LogP contribution is 2.23. The van der Waals surface area contributed by atoms with Gasteiger partial charge in [0.05, 0.1) is 7.11 Å². The molecule has 0 spiro atoms. The van der Waals surface area contributed by atoms with Crippen LogP contribution in [0.4, 0.5) is 0 Å². The number of nitrogens with one attached hydrogen (secondary N) is 1. The Bertz CT molecular complexity index is 457. The van der Waals surface area contributed by atoms with Gasteiger partial charge in [0, 0.05) is 0 Å². The quantitative estimate of drug-likeness (QED) is 0.770. The Balaban J connectivity index is 3.12. The molecular formula is C10H16N2O3S. The number of ether oxygens (including phenoxy) is 1. The van der Waals surface area contributed by atoms with Gasteiger partial charge in [-0.05, 0) is 37.7 Å². The zero-order chi connectivity index (χ0) is 12.2. The number of primary sulfonamides is 1. The van der Waals surface area contributed by atoms with Gasteiger partial charge in [-0.1, -0.05) is 6.07 Å². The van der Waals surface area contributed by atoms with Gasteiger partial charge in [-0.15, -0.1) is 0 Å². The maximum Gasteiger partial charge on any atom is 0.241 e. The summed E-state index contributed by atoms with van der Waals surface area (Å²) in [6, 6.07) is 4.99. The van der Waals surface area contributed by atoms with Crippen LogP contribution >= 0.6 is 0 Å². The molecule has 1 aromatic rings. The van der Waals surface area contributed by atoms with E-state index in [-0.39, 0.29) is 10.6 Å². The van der Waals surface area contributed by atoms with Crippen molar-refractivity contribution in [3.05, 3.63) is 23.8 Å². The summed E-state index contributed by atoms with van der Waals surface area (Å²) in [5.41, 5.74) is 0.902. The van der Waals surface area contributed by atoms with E-state index in [1.54, 1.807) is 12.1 Å². The number of benzene rings is 1. The number of rotatable bonds is 5. The second kappa shape index (κ2) is 5.29. The highest BCUT2D eigenvalue weighted by Gasteiger charge is 2.15. The van der Waals surface area contributed by atoms with Crippen molar-refractivity contribution in [2.24, 2.45) is 5.14 Å². The summed E-state index contributed by atoms with van der Waals surface area (Å²) >= 11 is 0. The SMILES string of the molecule is CNCCc1ccc(OC)c(S(N)(=O)=O)c1. The van der Waals surface area contributed by atoms with Crippen molar-refractivity contribution >= 4 is 10.0 Å². The molecule has 1 aromatic carbocycles. The maximum absolute atomic E-state index is 11.3. The fourth-order valence-electron chi connectivity index (χ4n) is 1.37. The molecule has 3 N–H and O–H groups in total. The van der Waals surface area contributed by atoms with Crippen LogP contribution in [0.25, 0.3) is 0 Å². The first-order chi connectivity index (χ1) is 7.49. The van der Waals surface area contributed by atoms with E-state index >= 15 is 0 Å². The number of nitrogens with two attached hydrogens (primary N) is 1. The Labute approximate surface area is 95.7 Å². The molecule has 90 valence electrons. The lowest BCUT2D eigenvalue weighted by atomic mass is 10.1. The third-order valence-electron chi connectivity index (χ3n) is 2.20. The van der Waals surface area contributed by atoms with E-state index in [1.165, 1.54) is 7.11 Å². The average Bonchev–Trinajstić information content (AvgIpc) is 2.24. The van der Waals surface area contributed by atoms with Gasteiger partial charge in [0.2, 0.25) is 10.0 Å². The van der Waals surface area contributed by atoms with E-state index in [1.807, 2.05) is 13.1 Å². The Kier molecular flexibility index (Phi) is 4.28. The standard InChI is InChI=1S/C10H16N2O3S/c1-12-6-5-8-3-4-9(15-2)10(7-8)16(11,13)14/h3-4,7,12H,5-6H2,1-2H3,(H2,11,13,14). The van der Waals surface area contributed by atoms with E-state index in [0.717, 1.165) is 18.5 Å². The van der Waals surface area contributed by atoms with E-state index in [9.17, 15) is 8.42 Å². The fourth-order valence-corrected chi connectivity index (χ4v) is 2.12. The summed E-state index contributed by atoms with van der Waals surface area (Å²) in [5, 5.41) is 8.10. The third kappa shape index (κ3) is 3.19. The molecule has 5 nitrogen and oxygen atoms in total. The molecule has 0 radical (unpaired) electrons. The number of hydrogen-bond acceptors (Lipinski definition) is 4. The summed E-state index contributed by atoms with van der Waals surface area (Å²) in [6.45, 7) is 0.774. The Hall–Kier alpha value is -1.11. The first-order valence-electron chi connectivity index (χ1n) is 4.83. The molecule has 1 rings (SSSR count). The Morgan fingerprint density at radius 3 is 2.62 bits per heavy atom. The van der Waals surface area contributed by atoms with Gasteiger partial charge in [-0.2, -0.15) is 0 Å². The predicted molar refractivity (Wildman–Crippen MR) is 62.0 cm³/mol. The van der Waals surface area contributed by atoms with E-state index < -0.39 is 10.0 Å². The largest absolute Gasteiger partial charge is 0.495 e. The van der Waals surface area contributed by atoms with Crippen LogP contribution in [0.2, 0.25) is 0 Å². The summed E-state index contributed by atoms with van der Waals surface area (Å²) in [7, 11) is -0.487. The molecule has 0 heterocycles. The Morgan fingerprint density at radius 2 is 2.12 bits per heavy atom. The van der Waals surface area contributed by atoms with Crippen LogP contribution in [0.5, 0.6) is 5.75 Å². The van der Waals surface area contributed by atoms with Gasteiger partial charge in [-0.25, -0.2) is 13.6 Å². The predicted octanol–water partition coefficient (Wildman–Crippen LogP) is 0.105. The van der Waals surface area contributed by atoms with Crippen molar-refractivity contribution in [3.63, 3.8) is 0 Å². The Morgan fingerprint density at radius 1 is 1.44 bits per heavy atom. The number of likely N-dealkylation sites (N-methyl/N-ethyl adjacent to an activating group) is 1. The van der Waals surface area contributed by atoms with Crippen molar-refractivity contribution in [1.82, 2.24) is 5.32 Å². The van der Waals surface area contributed by atoms with E-state index in [0.29, 0.717) is 0 Å². The van der Waals surface area contributed by atoms with Crippen LogP contribution in [0.1, 0.15) is 5.56 Å². The van der Waals surface area contributed by atoms with Gasteiger partial charge < -0.3 is 10.1 Å². The lowest BCUT2D eigenvalue weighted by Gasteiger charge is -2.08. The van der Waals surface area contributed by atoms with E-state index in [4.69, 9.17) is 9.88 Å². The normalized spacial score (nSPS) is 11.4. The van der Waals surface area contributed by atoms with Gasteiger partial charge in [0.25, 0.3) is 0 Å². The van der Waals surface area contributed by atoms with Crippen molar-refractivity contribution in [1.29, 1.82) is 0 Å². The van der Waals surface area contributed by atoms with Crippen molar-refractivity contribution in [2.45, 2.75) is 11.3 Å². The molecule has 0 bridgehead atoms. The third-order valence-corrected chi connectivity index (χ3v) is 3.13. The highest BCUT2D eigenvalue weighted by atomic mass is 32.2. The molecule has 0 unspecified atom stereocenters. The lowest BCUT2D eigenvalue weighted by molar-refractivity contribution is 0.402. The molecule has 0 fully saturated rings. The second-order valence-corrected chi connectivity index (χ2v) is 4.91. The number of sulfonamides is 1. The summed E-state index contributed by atoms with van der Waals surface area (Å²) in [4.78, 5) is 0.0311. The monoisotopic (exact) mass is 244 g/mol. The van der Waals surface area contributed by atoms with Crippen LogP contribution in [-0.2, 0) is 16.4 Å². The zero-order valence-corrected chi connectivity index (χ0v) is 10.2. The van der Waals surface area contributed by atoms with Crippen LogP contribution < -0.4 is 15.2 Å². The van der Waals surface area contributed by atoms with Crippen LogP contribution in [-0.4, -0.2) is 29.1 Å². The first kappa shape index (κ1) is 13.0. The van der Waals surface area contributed by atoms with Crippen LogP contribution in [0.3, 0.4) is 0 Å². The van der Waals surface area contributed by atoms with E-state index in [2.05, 4.69) is 5.32 Å². The summed E-state index contributed by atoms with van der Waals surface area (Å²) in [5.74, 6) is 0.274. The lowest BCUT2D eigenvalue weighted by Crippen LogP contribution is -2.15. The van der Waals surface area contributed by atoms with Gasteiger partial charge in [-0.3, -0.25) is 0 Å². The minimum absolute atomic E-state index is 0.0311. The van der Waals surface area contributed by atoms with Gasteiger partial charge in [0.1, 0.15) is 10.6 Å². The second-order valence-electron chi connectivity index (χ2n) is 3.38. The zero-order valence-electron chi connectivity index (χ0n) is 9.36. The molecule has 0 amide bonds. The molecular weight excluding hydrogens is 228 g/mol. The smallest absolute Gasteiger partial charge is 0.241 e. The fraction of sp³-hybridized carbons (Fsp3) is 0.400. The molecule has 0 saturated heterocycles. The van der Waals surface area contributed by atoms with Crippen molar-refractivity contribution < 1.29 is 13.2 Å². The molecule has 0 aliphatic rings. The maximum atomic E-state index is 11.3. The van der Waals surface area contributed by atoms with Gasteiger partial charge >= 0.3 is 0 Å². The number of hydrogen-bond donors (Lipinski definition) is 2.